The lowest BCUT2D eigenvalue weighted by Gasteiger charge is -2.09. The van der Waals surface area contributed by atoms with Gasteiger partial charge >= 0.3 is 0 Å². The summed E-state index contributed by atoms with van der Waals surface area (Å²) in [6.45, 7) is 1.59. The molecule has 0 saturated carbocycles. The van der Waals surface area contributed by atoms with Gasteiger partial charge in [-0.15, -0.1) is 0 Å². The zero-order valence-corrected chi connectivity index (χ0v) is 13.6. The molecule has 0 aliphatic rings. The molecule has 0 radical (unpaired) electrons. The maximum Gasteiger partial charge on any atom is 0.274 e. The van der Waals surface area contributed by atoms with E-state index in [0.29, 0.717) is 17.3 Å². The van der Waals surface area contributed by atoms with Crippen LogP contribution in [0.2, 0.25) is 0 Å². The number of carbonyl (C=O) groups is 1. The third-order valence-electron chi connectivity index (χ3n) is 3.35. The quantitative estimate of drug-likeness (QED) is 0.734. The van der Waals surface area contributed by atoms with Crippen LogP contribution >= 0.6 is 0 Å². The molecule has 26 heavy (non-hydrogen) atoms. The number of anilines is 3. The van der Waals surface area contributed by atoms with Crippen LogP contribution in [0, 0.1) is 24.4 Å². The first kappa shape index (κ1) is 17.4. The van der Waals surface area contributed by atoms with E-state index in [1.165, 1.54) is 30.3 Å². The maximum absolute atomic E-state index is 13.3. The molecule has 0 unspecified atom stereocenters. The summed E-state index contributed by atoms with van der Waals surface area (Å²) >= 11 is 0. The zero-order valence-electron chi connectivity index (χ0n) is 13.6. The number of rotatable bonds is 4. The molecule has 0 fully saturated rings. The molecule has 1 amide bonds. The van der Waals surface area contributed by atoms with E-state index < -0.39 is 23.4 Å². The Morgan fingerprint density at radius 3 is 2.46 bits per heavy atom. The molecule has 5 nitrogen and oxygen atoms in total. The lowest BCUT2D eigenvalue weighted by Crippen LogP contribution is -2.15. The lowest BCUT2D eigenvalue weighted by molar-refractivity contribution is 0.102. The average molecular weight is 358 g/mol. The summed E-state index contributed by atoms with van der Waals surface area (Å²) in [6.07, 6.45) is 0. The topological polar surface area (TPSA) is 66.9 Å². The highest BCUT2D eigenvalue weighted by Gasteiger charge is 2.12. The van der Waals surface area contributed by atoms with Crippen molar-refractivity contribution in [2.45, 2.75) is 6.92 Å². The second-order valence-corrected chi connectivity index (χ2v) is 5.40. The Labute approximate surface area is 146 Å². The first-order chi connectivity index (χ1) is 12.4. The molecule has 3 aromatic rings. The molecule has 3 rings (SSSR count). The average Bonchev–Trinajstić information content (AvgIpc) is 2.57. The smallest absolute Gasteiger partial charge is 0.274 e. The fourth-order valence-electron chi connectivity index (χ4n) is 2.23. The number of aryl methyl sites for hydroxylation is 1. The van der Waals surface area contributed by atoms with E-state index in [2.05, 4.69) is 20.6 Å². The van der Waals surface area contributed by atoms with E-state index in [1.54, 1.807) is 13.0 Å². The summed E-state index contributed by atoms with van der Waals surface area (Å²) in [4.78, 5) is 20.5. The second kappa shape index (κ2) is 7.22. The largest absolute Gasteiger partial charge is 0.340 e. The van der Waals surface area contributed by atoms with Gasteiger partial charge in [0.1, 0.15) is 23.2 Å². The van der Waals surface area contributed by atoms with Crippen molar-refractivity contribution in [3.8, 4) is 0 Å². The van der Waals surface area contributed by atoms with Crippen molar-refractivity contribution < 1.29 is 18.0 Å². The van der Waals surface area contributed by atoms with Crippen LogP contribution in [-0.2, 0) is 0 Å². The molecule has 2 N–H and O–H groups in total. The predicted octanol–water partition coefficient (Wildman–Crippen LogP) is 4.20. The predicted molar refractivity (Wildman–Crippen MR) is 90.8 cm³/mol. The molecule has 1 aromatic heterocycles. The Hall–Kier alpha value is -3.42. The van der Waals surface area contributed by atoms with Crippen LogP contribution in [0.1, 0.15) is 16.3 Å². The fraction of sp³-hybridized carbons (Fsp3) is 0.0556. The highest BCUT2D eigenvalue weighted by molar-refractivity contribution is 6.03. The van der Waals surface area contributed by atoms with Crippen LogP contribution < -0.4 is 10.6 Å². The lowest BCUT2D eigenvalue weighted by atomic mass is 10.2. The van der Waals surface area contributed by atoms with Gasteiger partial charge in [0.25, 0.3) is 5.91 Å². The molecule has 0 aliphatic heterocycles. The van der Waals surface area contributed by atoms with Gasteiger partial charge in [0, 0.05) is 23.5 Å². The highest BCUT2D eigenvalue weighted by Crippen LogP contribution is 2.18. The van der Waals surface area contributed by atoms with Crippen LogP contribution in [-0.4, -0.2) is 15.9 Å². The fourth-order valence-corrected chi connectivity index (χ4v) is 2.23. The molecule has 0 atom stereocenters. The summed E-state index contributed by atoms with van der Waals surface area (Å²) in [5, 5.41) is 5.31. The third kappa shape index (κ3) is 4.15. The maximum atomic E-state index is 13.3. The van der Waals surface area contributed by atoms with Gasteiger partial charge in [-0.2, -0.15) is 0 Å². The van der Waals surface area contributed by atoms with E-state index in [0.717, 1.165) is 12.1 Å². The van der Waals surface area contributed by atoms with Gasteiger partial charge in [-0.3, -0.25) is 4.79 Å². The minimum Gasteiger partial charge on any atom is -0.340 e. The Kier molecular flexibility index (Phi) is 4.83. The van der Waals surface area contributed by atoms with Crippen LogP contribution in [0.3, 0.4) is 0 Å². The van der Waals surface area contributed by atoms with Crippen molar-refractivity contribution in [1.29, 1.82) is 0 Å². The normalized spacial score (nSPS) is 10.5. The molecule has 0 saturated heterocycles. The molecular weight excluding hydrogens is 345 g/mol. The summed E-state index contributed by atoms with van der Waals surface area (Å²) < 4.78 is 39.5. The number of nitrogens with zero attached hydrogens (tertiary/aromatic N) is 2. The second-order valence-electron chi connectivity index (χ2n) is 5.40. The van der Waals surface area contributed by atoms with Gasteiger partial charge in [0.05, 0.1) is 0 Å². The van der Waals surface area contributed by atoms with Crippen molar-refractivity contribution in [2.24, 2.45) is 0 Å². The monoisotopic (exact) mass is 358 g/mol. The molecule has 0 bridgehead atoms. The Bertz CT molecular complexity index is 978. The van der Waals surface area contributed by atoms with Crippen molar-refractivity contribution in [2.75, 3.05) is 10.6 Å². The first-order valence-corrected chi connectivity index (χ1v) is 7.55. The minimum atomic E-state index is -1.07. The Balaban J connectivity index is 1.82. The van der Waals surface area contributed by atoms with Crippen LogP contribution in [0.25, 0.3) is 0 Å². The van der Waals surface area contributed by atoms with Crippen molar-refractivity contribution in [1.82, 2.24) is 9.97 Å². The van der Waals surface area contributed by atoms with Gasteiger partial charge in [-0.25, -0.2) is 23.1 Å². The number of hydrogen-bond acceptors (Lipinski definition) is 4. The number of benzene rings is 2. The molecule has 2 aromatic carbocycles. The van der Waals surface area contributed by atoms with E-state index >= 15 is 0 Å². The molecule has 8 heteroatoms. The SMILES string of the molecule is Cc1nc(Nc2cccc(F)c2)cc(C(=O)Nc2ccc(F)c(F)c2)n1. The van der Waals surface area contributed by atoms with E-state index in [-0.39, 0.29) is 11.4 Å². The number of nitrogens with one attached hydrogen (secondary N) is 2. The van der Waals surface area contributed by atoms with Crippen molar-refractivity contribution >= 4 is 23.1 Å². The molecule has 1 heterocycles. The van der Waals surface area contributed by atoms with Gasteiger partial charge in [-0.1, -0.05) is 6.07 Å². The van der Waals surface area contributed by atoms with Gasteiger partial charge in [-0.05, 0) is 37.3 Å². The van der Waals surface area contributed by atoms with Gasteiger partial charge < -0.3 is 10.6 Å². The van der Waals surface area contributed by atoms with Gasteiger partial charge in [0.2, 0.25) is 0 Å². The molecular formula is C18H13F3N4O. The van der Waals surface area contributed by atoms with Crippen LogP contribution in [0.5, 0.6) is 0 Å². The summed E-state index contributed by atoms with van der Waals surface area (Å²) in [5.41, 5.74) is 0.556. The van der Waals surface area contributed by atoms with E-state index in [4.69, 9.17) is 0 Å². The Morgan fingerprint density at radius 1 is 0.923 bits per heavy atom. The van der Waals surface area contributed by atoms with E-state index in [9.17, 15) is 18.0 Å². The van der Waals surface area contributed by atoms with Crippen molar-refractivity contribution in [3.63, 3.8) is 0 Å². The summed E-state index contributed by atoms with van der Waals surface area (Å²) in [7, 11) is 0. The zero-order chi connectivity index (χ0) is 18.7. The Morgan fingerprint density at radius 2 is 1.73 bits per heavy atom. The number of carbonyl (C=O) groups excluding carboxylic acids is 1. The summed E-state index contributed by atoms with van der Waals surface area (Å²) in [6, 6.07) is 10.1. The number of amides is 1. The summed E-state index contributed by atoms with van der Waals surface area (Å²) in [5.74, 6) is -2.53. The third-order valence-corrected chi connectivity index (χ3v) is 3.35. The minimum absolute atomic E-state index is 0.0149. The highest BCUT2D eigenvalue weighted by atomic mass is 19.2. The number of halogens is 3. The molecule has 0 aliphatic carbocycles. The number of aromatic nitrogens is 2. The van der Waals surface area contributed by atoms with Crippen LogP contribution in [0.4, 0.5) is 30.4 Å². The van der Waals surface area contributed by atoms with Gasteiger partial charge in [0.15, 0.2) is 11.6 Å². The number of hydrogen-bond donors (Lipinski definition) is 2. The standard InChI is InChI=1S/C18H13F3N4O/c1-10-22-16(18(26)25-13-5-6-14(20)15(21)8-13)9-17(23-10)24-12-4-2-3-11(19)7-12/h2-9H,1H3,(H,25,26)(H,22,23,24). The molecule has 132 valence electrons. The molecule has 0 spiro atoms. The van der Waals surface area contributed by atoms with Crippen LogP contribution in [0.15, 0.2) is 48.5 Å². The first-order valence-electron chi connectivity index (χ1n) is 7.55. The van der Waals surface area contributed by atoms with Crippen molar-refractivity contribution in [3.05, 3.63) is 77.5 Å². The van der Waals surface area contributed by atoms with E-state index in [1.807, 2.05) is 0 Å².